The van der Waals surface area contributed by atoms with Crippen LogP contribution in [0.15, 0.2) is 30.4 Å². The average Bonchev–Trinajstić information content (AvgIpc) is 2.45. The summed E-state index contributed by atoms with van der Waals surface area (Å²) < 4.78 is 5.79. The summed E-state index contributed by atoms with van der Waals surface area (Å²) in [6, 6.07) is 5.97. The molecule has 0 bridgehead atoms. The Labute approximate surface area is 126 Å². The van der Waals surface area contributed by atoms with Crippen molar-refractivity contribution in [1.29, 1.82) is 0 Å². The van der Waals surface area contributed by atoms with Crippen LogP contribution >= 0.6 is 0 Å². The number of carbonyl (C=O) groups excluding carboxylic acids is 2. The summed E-state index contributed by atoms with van der Waals surface area (Å²) in [6.07, 6.45) is 1.55. The lowest BCUT2D eigenvalue weighted by molar-refractivity contribution is -0.140. The van der Waals surface area contributed by atoms with Gasteiger partial charge in [0, 0.05) is 12.8 Å². The Morgan fingerprint density at radius 3 is 2.48 bits per heavy atom. The molecule has 1 aromatic carbocycles. The van der Waals surface area contributed by atoms with Crippen molar-refractivity contribution in [3.05, 3.63) is 41.5 Å². The van der Waals surface area contributed by atoms with Crippen LogP contribution in [0.25, 0.3) is 0 Å². The van der Waals surface area contributed by atoms with Gasteiger partial charge in [0.25, 0.3) is 0 Å². The molecule has 0 atom stereocenters. The van der Waals surface area contributed by atoms with Crippen LogP contribution in [-0.4, -0.2) is 18.2 Å². The highest BCUT2D eigenvalue weighted by Gasteiger charge is 2.44. The number of Topliss-reactive ketones (excluding diaryl/α,β-unsaturated/α-hetero) is 2. The molecule has 3 nitrogen and oxygen atoms in total. The zero-order chi connectivity index (χ0) is 15.6. The minimum Gasteiger partial charge on any atom is -0.489 e. The molecule has 21 heavy (non-hydrogen) atoms. The predicted molar refractivity (Wildman–Crippen MR) is 82.5 cm³/mol. The Morgan fingerprint density at radius 2 is 1.86 bits per heavy atom. The molecular formula is C18H22O3. The van der Waals surface area contributed by atoms with E-state index in [1.165, 1.54) is 0 Å². The van der Waals surface area contributed by atoms with E-state index in [2.05, 4.69) is 6.58 Å². The average molecular weight is 286 g/mol. The number of aryl methyl sites for hydroxylation is 2. The van der Waals surface area contributed by atoms with Gasteiger partial charge in [-0.3, -0.25) is 9.59 Å². The zero-order valence-electron chi connectivity index (χ0n) is 13.0. The highest BCUT2D eigenvalue weighted by atomic mass is 16.5. The second-order valence-corrected chi connectivity index (χ2v) is 5.99. The van der Waals surface area contributed by atoms with Crippen LogP contribution in [-0.2, 0) is 9.59 Å². The second kappa shape index (κ2) is 5.84. The van der Waals surface area contributed by atoms with E-state index in [1.54, 1.807) is 6.92 Å². The van der Waals surface area contributed by atoms with Crippen LogP contribution in [0.5, 0.6) is 5.75 Å². The first-order valence-corrected chi connectivity index (χ1v) is 7.30. The van der Waals surface area contributed by atoms with Crippen LogP contribution in [0.1, 0.15) is 37.3 Å². The molecule has 112 valence electrons. The van der Waals surface area contributed by atoms with Crippen LogP contribution in [0.2, 0.25) is 0 Å². The van der Waals surface area contributed by atoms with Gasteiger partial charge in [-0.25, -0.2) is 0 Å². The maximum absolute atomic E-state index is 12.2. The first kappa shape index (κ1) is 15.5. The van der Waals surface area contributed by atoms with Crippen LogP contribution in [0.4, 0.5) is 0 Å². The van der Waals surface area contributed by atoms with Crippen molar-refractivity contribution < 1.29 is 14.3 Å². The fourth-order valence-electron chi connectivity index (χ4n) is 2.63. The van der Waals surface area contributed by atoms with Gasteiger partial charge in [0.05, 0.1) is 0 Å². The number of benzene rings is 1. The number of hydrogen-bond donors (Lipinski definition) is 0. The monoisotopic (exact) mass is 286 g/mol. The molecule has 0 aliphatic heterocycles. The van der Waals surface area contributed by atoms with Gasteiger partial charge in [-0.15, -0.1) is 0 Å². The van der Waals surface area contributed by atoms with Crippen molar-refractivity contribution in [2.75, 3.05) is 6.61 Å². The number of carbonyl (C=O) groups is 2. The van der Waals surface area contributed by atoms with Gasteiger partial charge in [0.2, 0.25) is 0 Å². The summed E-state index contributed by atoms with van der Waals surface area (Å²) in [7, 11) is 0. The smallest absolute Gasteiger partial charge is 0.150 e. The van der Waals surface area contributed by atoms with Crippen molar-refractivity contribution in [3.8, 4) is 5.75 Å². The van der Waals surface area contributed by atoms with E-state index in [9.17, 15) is 9.59 Å². The van der Waals surface area contributed by atoms with Gasteiger partial charge in [0.15, 0.2) is 0 Å². The fourth-order valence-corrected chi connectivity index (χ4v) is 2.63. The number of ether oxygens (including phenoxy) is 1. The van der Waals surface area contributed by atoms with Crippen LogP contribution in [0.3, 0.4) is 0 Å². The maximum Gasteiger partial charge on any atom is 0.150 e. The summed E-state index contributed by atoms with van der Waals surface area (Å²) in [4.78, 5) is 24.3. The first-order valence-electron chi connectivity index (χ1n) is 7.30. The second-order valence-electron chi connectivity index (χ2n) is 5.99. The van der Waals surface area contributed by atoms with Gasteiger partial charge < -0.3 is 4.74 Å². The number of rotatable bonds is 4. The first-order chi connectivity index (χ1) is 9.85. The van der Waals surface area contributed by atoms with Crippen LogP contribution in [0, 0.1) is 19.3 Å². The van der Waals surface area contributed by atoms with Gasteiger partial charge >= 0.3 is 0 Å². The summed E-state index contributed by atoms with van der Waals surface area (Å²) in [5.74, 6) is 0.706. The third kappa shape index (κ3) is 2.92. The maximum atomic E-state index is 12.2. The standard InChI is InChI=1S/C18H22O3/c1-12-8-9-13(2)15(10-12)21-11-14(3)18(4)16(19)6-5-7-17(18)20/h8-10H,3,5-7,11H2,1-2,4H3. The van der Waals surface area contributed by atoms with Gasteiger partial charge in [-0.05, 0) is 50.0 Å². The summed E-state index contributed by atoms with van der Waals surface area (Å²) in [5, 5.41) is 0. The Kier molecular flexibility index (Phi) is 4.31. The SMILES string of the molecule is C=C(COc1cc(C)ccc1C)C1(C)C(=O)CCCC1=O. The minimum atomic E-state index is -1.07. The Balaban J connectivity index is 2.12. The molecule has 1 aliphatic rings. The van der Waals surface area contributed by atoms with Gasteiger partial charge in [-0.2, -0.15) is 0 Å². The summed E-state index contributed by atoms with van der Waals surface area (Å²) in [5.41, 5.74) is 1.62. The van der Waals surface area contributed by atoms with Crippen molar-refractivity contribution >= 4 is 11.6 Å². The molecule has 0 aromatic heterocycles. The molecule has 0 unspecified atom stereocenters. The van der Waals surface area contributed by atoms with E-state index < -0.39 is 5.41 Å². The molecule has 1 fully saturated rings. The number of hydrogen-bond acceptors (Lipinski definition) is 3. The van der Waals surface area contributed by atoms with Crippen LogP contribution < -0.4 is 4.74 Å². The predicted octanol–water partition coefficient (Wildman–Crippen LogP) is 3.57. The summed E-state index contributed by atoms with van der Waals surface area (Å²) in [6.45, 7) is 9.80. The highest BCUT2D eigenvalue weighted by Crippen LogP contribution is 2.36. The summed E-state index contributed by atoms with van der Waals surface area (Å²) >= 11 is 0. The van der Waals surface area contributed by atoms with E-state index >= 15 is 0 Å². The third-order valence-electron chi connectivity index (χ3n) is 4.38. The Morgan fingerprint density at radius 1 is 1.24 bits per heavy atom. The molecule has 2 rings (SSSR count). The lowest BCUT2D eigenvalue weighted by atomic mass is 9.69. The largest absolute Gasteiger partial charge is 0.489 e. The van der Waals surface area contributed by atoms with Crippen molar-refractivity contribution in [2.45, 2.75) is 40.0 Å². The Hall–Kier alpha value is -1.90. The van der Waals surface area contributed by atoms with Crippen molar-refractivity contribution in [3.63, 3.8) is 0 Å². The quantitative estimate of drug-likeness (QED) is 0.628. The fraction of sp³-hybridized carbons (Fsp3) is 0.444. The van der Waals surface area contributed by atoms with E-state index in [-0.39, 0.29) is 18.2 Å². The highest BCUT2D eigenvalue weighted by molar-refractivity contribution is 6.11. The minimum absolute atomic E-state index is 0.0340. The molecule has 1 aromatic rings. The van der Waals surface area contributed by atoms with Crippen molar-refractivity contribution in [2.24, 2.45) is 5.41 Å². The van der Waals surface area contributed by atoms with Gasteiger partial charge in [0.1, 0.15) is 29.3 Å². The normalized spacial score (nSPS) is 17.7. The van der Waals surface area contributed by atoms with E-state index in [4.69, 9.17) is 4.74 Å². The lowest BCUT2D eigenvalue weighted by Gasteiger charge is -2.32. The topological polar surface area (TPSA) is 43.4 Å². The molecule has 0 spiro atoms. The molecule has 1 aliphatic carbocycles. The van der Waals surface area contributed by atoms with Crippen molar-refractivity contribution in [1.82, 2.24) is 0 Å². The molecule has 0 N–H and O–H groups in total. The van der Waals surface area contributed by atoms with E-state index in [0.717, 1.165) is 16.9 Å². The molecule has 0 heterocycles. The molecule has 1 saturated carbocycles. The molecule has 3 heteroatoms. The Bertz CT molecular complexity index is 582. The van der Waals surface area contributed by atoms with E-state index in [1.807, 2.05) is 32.0 Å². The molecular weight excluding hydrogens is 264 g/mol. The third-order valence-corrected chi connectivity index (χ3v) is 4.38. The molecule has 0 saturated heterocycles. The van der Waals surface area contributed by atoms with Gasteiger partial charge in [-0.1, -0.05) is 18.7 Å². The molecule has 0 amide bonds. The molecule has 0 radical (unpaired) electrons. The number of ketones is 2. The lowest BCUT2D eigenvalue weighted by Crippen LogP contribution is -2.42. The zero-order valence-corrected chi connectivity index (χ0v) is 13.0. The van der Waals surface area contributed by atoms with E-state index in [0.29, 0.717) is 24.8 Å².